The molecule has 24 heavy (non-hydrogen) atoms. The quantitative estimate of drug-likeness (QED) is 0.724. The number of alkyl halides is 3. The van der Waals surface area contributed by atoms with E-state index in [2.05, 4.69) is 9.97 Å². The van der Waals surface area contributed by atoms with Crippen LogP contribution < -0.4 is 10.3 Å². The lowest BCUT2D eigenvalue weighted by molar-refractivity contribution is -0.136. The van der Waals surface area contributed by atoms with Crippen molar-refractivity contribution < 1.29 is 22.3 Å². The van der Waals surface area contributed by atoms with Crippen molar-refractivity contribution in [3.05, 3.63) is 58.1 Å². The highest BCUT2D eigenvalue weighted by Gasteiger charge is 2.34. The van der Waals surface area contributed by atoms with Gasteiger partial charge in [0, 0.05) is 5.56 Å². The average molecular weight is 338 g/mol. The molecule has 0 aliphatic rings. The van der Waals surface area contributed by atoms with Gasteiger partial charge in [0.2, 0.25) is 0 Å². The van der Waals surface area contributed by atoms with Crippen LogP contribution in [0.2, 0.25) is 0 Å². The number of methoxy groups -OCH3 is 1. The first-order valence-electron chi connectivity index (χ1n) is 6.75. The van der Waals surface area contributed by atoms with Crippen molar-refractivity contribution in [3.63, 3.8) is 0 Å². The van der Waals surface area contributed by atoms with Crippen LogP contribution in [0.4, 0.5) is 17.6 Å². The Morgan fingerprint density at radius 3 is 2.54 bits per heavy atom. The molecule has 0 unspecified atom stereocenters. The van der Waals surface area contributed by atoms with Crippen molar-refractivity contribution in [1.29, 1.82) is 0 Å². The monoisotopic (exact) mass is 338 g/mol. The third-order valence-corrected chi connectivity index (χ3v) is 3.45. The molecule has 0 saturated heterocycles. The minimum absolute atomic E-state index is 0.0155. The summed E-state index contributed by atoms with van der Waals surface area (Å²) in [5, 5.41) is -0.623. The largest absolute Gasteiger partial charge is 0.494 e. The maximum atomic E-state index is 13.3. The molecule has 0 aliphatic heterocycles. The molecule has 1 aromatic heterocycles. The van der Waals surface area contributed by atoms with Crippen molar-refractivity contribution >= 4 is 10.9 Å². The smallest absolute Gasteiger partial charge is 0.417 e. The fourth-order valence-electron chi connectivity index (χ4n) is 2.40. The Bertz CT molecular complexity index is 980. The van der Waals surface area contributed by atoms with E-state index in [0.29, 0.717) is 0 Å². The molecule has 1 N–H and O–H groups in total. The van der Waals surface area contributed by atoms with Crippen LogP contribution in [0.25, 0.3) is 22.3 Å². The molecule has 0 aliphatic carbocycles. The number of rotatable bonds is 2. The van der Waals surface area contributed by atoms with Crippen LogP contribution >= 0.6 is 0 Å². The summed E-state index contributed by atoms with van der Waals surface area (Å²) in [6.45, 7) is 0. The Kier molecular flexibility index (Phi) is 3.75. The van der Waals surface area contributed by atoms with Gasteiger partial charge in [-0.25, -0.2) is 9.37 Å². The van der Waals surface area contributed by atoms with Gasteiger partial charge in [0.25, 0.3) is 5.56 Å². The number of aromatic nitrogens is 2. The van der Waals surface area contributed by atoms with E-state index in [4.69, 9.17) is 4.74 Å². The summed E-state index contributed by atoms with van der Waals surface area (Å²) < 4.78 is 57.8. The van der Waals surface area contributed by atoms with E-state index in [1.54, 1.807) is 0 Å². The number of halogens is 4. The lowest BCUT2D eigenvalue weighted by atomic mass is 10.1. The number of nitrogens with one attached hydrogen (secondary N) is 1. The lowest BCUT2D eigenvalue weighted by Gasteiger charge is -2.13. The zero-order chi connectivity index (χ0) is 17.5. The summed E-state index contributed by atoms with van der Waals surface area (Å²) in [7, 11) is 1.26. The minimum Gasteiger partial charge on any atom is -0.494 e. The van der Waals surface area contributed by atoms with Crippen LogP contribution in [0.5, 0.6) is 5.75 Å². The number of fused-ring (bicyclic) bond motifs is 1. The third kappa shape index (κ3) is 2.70. The predicted molar refractivity (Wildman–Crippen MR) is 79.3 cm³/mol. The summed E-state index contributed by atoms with van der Waals surface area (Å²) in [5.41, 5.74) is -2.10. The number of H-pyrrole nitrogens is 1. The number of hydrogen-bond donors (Lipinski definition) is 1. The zero-order valence-electron chi connectivity index (χ0n) is 12.2. The fraction of sp³-hybridized carbons (Fsp3) is 0.125. The topological polar surface area (TPSA) is 55.0 Å². The molecule has 4 nitrogen and oxygen atoms in total. The zero-order valence-corrected chi connectivity index (χ0v) is 12.2. The molecule has 2 aromatic carbocycles. The highest BCUT2D eigenvalue weighted by molar-refractivity contribution is 5.88. The number of ether oxygens (including phenoxy) is 1. The second kappa shape index (κ2) is 5.63. The number of hydrogen-bond acceptors (Lipinski definition) is 3. The minimum atomic E-state index is -4.72. The molecule has 0 radical (unpaired) electrons. The normalized spacial score (nSPS) is 11.7. The molecular weight excluding hydrogens is 328 g/mol. The molecule has 3 aromatic rings. The van der Waals surface area contributed by atoms with E-state index in [9.17, 15) is 22.4 Å². The van der Waals surface area contributed by atoms with Crippen molar-refractivity contribution in [1.82, 2.24) is 9.97 Å². The molecule has 0 saturated carbocycles. The molecule has 3 rings (SSSR count). The van der Waals surface area contributed by atoms with Gasteiger partial charge in [-0.1, -0.05) is 12.1 Å². The molecule has 0 bridgehead atoms. The second-order valence-electron chi connectivity index (χ2n) is 4.96. The first-order chi connectivity index (χ1) is 11.3. The number of benzene rings is 2. The predicted octanol–water partition coefficient (Wildman–Crippen LogP) is 3.76. The van der Waals surface area contributed by atoms with Gasteiger partial charge in [-0.05, 0) is 24.3 Å². The van der Waals surface area contributed by atoms with Crippen molar-refractivity contribution in [2.75, 3.05) is 7.11 Å². The molecule has 0 fully saturated rings. The highest BCUT2D eigenvalue weighted by atomic mass is 19.4. The van der Waals surface area contributed by atoms with E-state index in [1.807, 2.05) is 0 Å². The molecule has 1 heterocycles. The first kappa shape index (κ1) is 16.0. The van der Waals surface area contributed by atoms with E-state index < -0.39 is 28.5 Å². The maximum absolute atomic E-state index is 13.3. The first-order valence-corrected chi connectivity index (χ1v) is 6.75. The van der Waals surface area contributed by atoms with Gasteiger partial charge in [-0.15, -0.1) is 0 Å². The SMILES string of the molecule is COc1ccc(C(F)(F)F)c2c(=O)[nH]c(-c3cccc(F)c3)nc12. The van der Waals surface area contributed by atoms with Crippen LogP contribution in [0.3, 0.4) is 0 Å². The molecule has 0 amide bonds. The summed E-state index contributed by atoms with van der Waals surface area (Å²) >= 11 is 0. The molecule has 124 valence electrons. The van der Waals surface area contributed by atoms with Gasteiger partial charge in [-0.2, -0.15) is 13.2 Å². The van der Waals surface area contributed by atoms with Gasteiger partial charge in [0.05, 0.1) is 18.1 Å². The van der Waals surface area contributed by atoms with Crippen LogP contribution in [-0.2, 0) is 6.18 Å². The number of nitrogens with zero attached hydrogens (tertiary/aromatic N) is 1. The lowest BCUT2D eigenvalue weighted by Crippen LogP contribution is -2.16. The van der Waals surface area contributed by atoms with Crippen molar-refractivity contribution in [3.8, 4) is 17.1 Å². The van der Waals surface area contributed by atoms with Crippen molar-refractivity contribution in [2.45, 2.75) is 6.18 Å². The molecular formula is C16H10F4N2O2. The third-order valence-electron chi connectivity index (χ3n) is 3.45. The van der Waals surface area contributed by atoms with Crippen molar-refractivity contribution in [2.24, 2.45) is 0 Å². The Morgan fingerprint density at radius 1 is 1.17 bits per heavy atom. The van der Waals surface area contributed by atoms with Crippen LogP contribution in [0.15, 0.2) is 41.2 Å². The summed E-state index contributed by atoms with van der Waals surface area (Å²) in [5.74, 6) is -0.599. The Balaban J connectivity index is 2.37. The Hall–Kier alpha value is -2.90. The standard InChI is InChI=1S/C16H10F4N2O2/c1-24-11-6-5-10(16(18,19)20)12-13(11)21-14(22-15(12)23)8-3-2-4-9(17)7-8/h2-7H,1H3,(H,21,22,23). The van der Waals surface area contributed by atoms with E-state index in [1.165, 1.54) is 25.3 Å². The van der Waals surface area contributed by atoms with Gasteiger partial charge in [0.1, 0.15) is 22.9 Å². The van der Waals surface area contributed by atoms with E-state index >= 15 is 0 Å². The average Bonchev–Trinajstić information content (AvgIpc) is 2.52. The van der Waals surface area contributed by atoms with Gasteiger partial charge in [0.15, 0.2) is 0 Å². The fourth-order valence-corrected chi connectivity index (χ4v) is 2.40. The van der Waals surface area contributed by atoms with E-state index in [0.717, 1.165) is 18.2 Å². The van der Waals surface area contributed by atoms with Crippen LogP contribution in [0, 0.1) is 5.82 Å². The van der Waals surface area contributed by atoms with Gasteiger partial charge >= 0.3 is 6.18 Å². The van der Waals surface area contributed by atoms with E-state index in [-0.39, 0.29) is 22.7 Å². The maximum Gasteiger partial charge on any atom is 0.417 e. The van der Waals surface area contributed by atoms with Crippen LogP contribution in [-0.4, -0.2) is 17.1 Å². The molecule has 0 spiro atoms. The second-order valence-corrected chi connectivity index (χ2v) is 4.96. The molecule has 8 heteroatoms. The summed E-state index contributed by atoms with van der Waals surface area (Å²) in [4.78, 5) is 18.6. The van der Waals surface area contributed by atoms with Gasteiger partial charge in [-0.3, -0.25) is 4.79 Å². The highest BCUT2D eigenvalue weighted by Crippen LogP contribution is 2.36. The molecule has 0 atom stereocenters. The number of aromatic amines is 1. The summed E-state index contributed by atoms with van der Waals surface area (Å²) in [6.07, 6.45) is -4.72. The van der Waals surface area contributed by atoms with Crippen LogP contribution in [0.1, 0.15) is 5.56 Å². The van der Waals surface area contributed by atoms with Gasteiger partial charge < -0.3 is 9.72 Å². The Morgan fingerprint density at radius 2 is 1.92 bits per heavy atom. The summed E-state index contributed by atoms with van der Waals surface area (Å²) in [6, 6.07) is 7.05. The Labute approximate surface area is 132 Å².